The summed E-state index contributed by atoms with van der Waals surface area (Å²) in [6.07, 6.45) is -2.13. The number of amidine groups is 1. The van der Waals surface area contributed by atoms with Crippen molar-refractivity contribution in [1.29, 1.82) is 0 Å². The molecule has 9 heteroatoms. The van der Waals surface area contributed by atoms with E-state index >= 15 is 0 Å². The van der Waals surface area contributed by atoms with Crippen molar-refractivity contribution < 1.29 is 31.4 Å². The highest BCUT2D eigenvalue weighted by Crippen LogP contribution is 2.41. The number of anilines is 1. The van der Waals surface area contributed by atoms with Gasteiger partial charge < -0.3 is 10.0 Å². The minimum Gasteiger partial charge on any atom is -0.386 e. The fraction of sp³-hybridized carbons (Fsp3) is 0.192. The van der Waals surface area contributed by atoms with Crippen molar-refractivity contribution in [2.45, 2.75) is 31.7 Å². The zero-order chi connectivity index (χ0) is 25.6. The topological polar surface area (TPSA) is 35.8 Å². The van der Waals surface area contributed by atoms with E-state index in [9.17, 15) is 31.4 Å². The fourth-order valence-corrected chi connectivity index (χ4v) is 3.67. The van der Waals surface area contributed by atoms with Crippen LogP contribution in [0.5, 0.6) is 0 Å². The predicted molar refractivity (Wildman–Crippen MR) is 122 cm³/mol. The van der Waals surface area contributed by atoms with Gasteiger partial charge in [-0.25, -0.2) is 4.39 Å². The van der Waals surface area contributed by atoms with E-state index in [0.717, 1.165) is 6.07 Å². The van der Waals surface area contributed by atoms with Gasteiger partial charge in [-0.3, -0.25) is 0 Å². The van der Waals surface area contributed by atoms with Crippen LogP contribution >= 0.6 is 0 Å². The first-order valence-corrected chi connectivity index (χ1v) is 10.5. The molecule has 0 bridgehead atoms. The van der Waals surface area contributed by atoms with Gasteiger partial charge in [-0.1, -0.05) is 42.5 Å². The van der Waals surface area contributed by atoms with Gasteiger partial charge in [0.1, 0.15) is 11.7 Å². The summed E-state index contributed by atoms with van der Waals surface area (Å²) < 4.78 is 82.7. The van der Waals surface area contributed by atoms with E-state index in [4.69, 9.17) is 0 Å². The molecule has 4 rings (SSSR count). The van der Waals surface area contributed by atoms with Crippen molar-refractivity contribution in [3.63, 3.8) is 0 Å². The highest BCUT2D eigenvalue weighted by Gasteiger charge is 2.42. The first-order valence-electron chi connectivity index (χ1n) is 10.5. The Kier molecular flexibility index (Phi) is 6.00. The minimum atomic E-state index is -4.88. The Morgan fingerprint density at radius 1 is 0.914 bits per heavy atom. The third-order valence-electron chi connectivity index (χ3n) is 5.33. The van der Waals surface area contributed by atoms with Gasteiger partial charge in [0.15, 0.2) is 0 Å². The Bertz CT molecular complexity index is 1320. The molecule has 182 valence electrons. The van der Waals surface area contributed by atoms with Gasteiger partial charge in [0, 0.05) is 17.5 Å². The Balaban J connectivity index is 1.84. The van der Waals surface area contributed by atoms with Gasteiger partial charge >= 0.3 is 12.2 Å². The third-order valence-corrected chi connectivity index (χ3v) is 5.33. The summed E-state index contributed by atoms with van der Waals surface area (Å²) in [5.41, 5.74) is -2.14. The SMILES string of the molecule is CC(C)(O)/C=C/N(C1=NC(F)(F)c2ccccc21)c1cccc(-c2ccc(F)c(C(F)(F)F)c2)c1. The van der Waals surface area contributed by atoms with E-state index < -0.39 is 29.2 Å². The van der Waals surface area contributed by atoms with Crippen LogP contribution in [0.25, 0.3) is 11.1 Å². The maximum absolute atomic E-state index is 14.6. The number of benzene rings is 3. The second-order valence-corrected chi connectivity index (χ2v) is 8.60. The summed E-state index contributed by atoms with van der Waals surface area (Å²) >= 11 is 0. The monoisotopic (exact) mass is 490 g/mol. The van der Waals surface area contributed by atoms with E-state index in [2.05, 4.69) is 4.99 Å². The number of nitrogens with zero attached hydrogens (tertiary/aromatic N) is 2. The summed E-state index contributed by atoms with van der Waals surface area (Å²) in [4.78, 5) is 4.93. The minimum absolute atomic E-state index is 0.0890. The summed E-state index contributed by atoms with van der Waals surface area (Å²) in [5, 5.41) is 10.2. The molecule has 0 saturated heterocycles. The molecule has 1 heterocycles. The molecule has 0 spiro atoms. The van der Waals surface area contributed by atoms with Gasteiger partial charge in [0.2, 0.25) is 0 Å². The highest BCUT2D eigenvalue weighted by atomic mass is 19.4. The molecule has 1 aliphatic rings. The van der Waals surface area contributed by atoms with Crippen molar-refractivity contribution >= 4 is 11.5 Å². The van der Waals surface area contributed by atoms with Crippen molar-refractivity contribution in [3.8, 4) is 11.1 Å². The smallest absolute Gasteiger partial charge is 0.386 e. The van der Waals surface area contributed by atoms with Crippen LogP contribution in [0.15, 0.2) is 84.0 Å². The average molecular weight is 490 g/mol. The maximum Gasteiger partial charge on any atom is 0.419 e. The lowest BCUT2D eigenvalue weighted by Crippen LogP contribution is -2.27. The van der Waals surface area contributed by atoms with Crippen LogP contribution in [0, 0.1) is 5.82 Å². The van der Waals surface area contributed by atoms with Crippen molar-refractivity contribution in [2.24, 2.45) is 4.99 Å². The van der Waals surface area contributed by atoms with Crippen molar-refractivity contribution in [3.05, 3.63) is 102 Å². The van der Waals surface area contributed by atoms with Crippen molar-refractivity contribution in [2.75, 3.05) is 4.90 Å². The molecule has 1 aliphatic heterocycles. The van der Waals surface area contributed by atoms with E-state index in [1.54, 1.807) is 12.1 Å². The van der Waals surface area contributed by atoms with Gasteiger partial charge in [-0.15, -0.1) is 0 Å². The number of aliphatic hydroxyl groups is 1. The molecule has 3 nitrogen and oxygen atoms in total. The Morgan fingerprint density at radius 2 is 1.60 bits per heavy atom. The Morgan fingerprint density at radius 3 is 2.29 bits per heavy atom. The van der Waals surface area contributed by atoms with E-state index in [1.165, 1.54) is 73.5 Å². The zero-order valence-corrected chi connectivity index (χ0v) is 18.6. The summed E-state index contributed by atoms with van der Waals surface area (Å²) in [5.74, 6) is -1.50. The molecule has 3 aromatic rings. The summed E-state index contributed by atoms with van der Waals surface area (Å²) in [7, 11) is 0. The van der Waals surface area contributed by atoms with Crippen LogP contribution in [0.1, 0.15) is 30.5 Å². The first kappa shape index (κ1) is 24.5. The number of rotatable bonds is 4. The number of alkyl halides is 5. The Labute approximate surface area is 197 Å². The number of halogens is 6. The molecule has 0 amide bonds. The molecular weight excluding hydrogens is 470 g/mol. The first-order chi connectivity index (χ1) is 16.3. The molecular formula is C26H20F6N2O. The molecule has 0 aromatic heterocycles. The van der Waals surface area contributed by atoms with Crippen LogP contribution in [0.2, 0.25) is 0 Å². The molecule has 3 aromatic carbocycles. The standard InChI is InChI=1S/C26H20F6N2O/c1-24(2,35)12-13-34(23-19-8-3-4-9-20(19)26(31,32)33-23)18-7-5-6-16(14-18)17-10-11-22(27)21(15-17)25(28,29)30/h3-15,35H,1-2H3/b13-12+. The van der Waals surface area contributed by atoms with Gasteiger partial charge in [-0.05, 0) is 55.3 Å². The van der Waals surface area contributed by atoms with Crippen molar-refractivity contribution in [1.82, 2.24) is 0 Å². The molecule has 35 heavy (non-hydrogen) atoms. The van der Waals surface area contributed by atoms with E-state index in [-0.39, 0.29) is 22.5 Å². The van der Waals surface area contributed by atoms with Crippen LogP contribution in [0.3, 0.4) is 0 Å². The van der Waals surface area contributed by atoms with Gasteiger partial charge in [0.25, 0.3) is 0 Å². The lowest BCUT2D eigenvalue weighted by Gasteiger charge is -2.23. The average Bonchev–Trinajstić information content (AvgIpc) is 3.04. The maximum atomic E-state index is 14.6. The lowest BCUT2D eigenvalue weighted by molar-refractivity contribution is -0.139. The molecule has 0 saturated carbocycles. The second-order valence-electron chi connectivity index (χ2n) is 8.60. The molecule has 0 fully saturated rings. The third kappa shape index (κ3) is 5.09. The Hall–Kier alpha value is -3.59. The van der Waals surface area contributed by atoms with E-state index in [0.29, 0.717) is 17.3 Å². The molecule has 0 unspecified atom stereocenters. The van der Waals surface area contributed by atoms with Gasteiger partial charge in [0.05, 0.1) is 16.7 Å². The predicted octanol–water partition coefficient (Wildman–Crippen LogP) is 7.11. The quantitative estimate of drug-likeness (QED) is 0.313. The fourth-order valence-electron chi connectivity index (χ4n) is 3.67. The summed E-state index contributed by atoms with van der Waals surface area (Å²) in [6, 6.07) is 11.0. The largest absolute Gasteiger partial charge is 0.419 e. The van der Waals surface area contributed by atoms with Crippen LogP contribution in [-0.4, -0.2) is 16.5 Å². The highest BCUT2D eigenvalue weighted by molar-refractivity contribution is 6.14. The van der Waals surface area contributed by atoms with Crippen LogP contribution < -0.4 is 4.90 Å². The number of hydrogen-bond donors (Lipinski definition) is 1. The molecule has 0 atom stereocenters. The number of hydrogen-bond acceptors (Lipinski definition) is 3. The summed E-state index contributed by atoms with van der Waals surface area (Å²) in [6.45, 7) is 2.99. The lowest BCUT2D eigenvalue weighted by atomic mass is 10.0. The number of fused-ring (bicyclic) bond motifs is 1. The molecule has 1 N–H and O–H groups in total. The number of aliphatic imine (C=N–C) groups is 1. The molecule has 0 radical (unpaired) electrons. The second kappa shape index (κ2) is 8.57. The normalized spacial score (nSPS) is 15.3. The zero-order valence-electron chi connectivity index (χ0n) is 18.6. The van der Waals surface area contributed by atoms with E-state index in [1.807, 2.05) is 0 Å². The van der Waals surface area contributed by atoms with Gasteiger partial charge in [-0.2, -0.15) is 26.9 Å². The van der Waals surface area contributed by atoms with Crippen LogP contribution in [-0.2, 0) is 12.2 Å². The molecule has 0 aliphatic carbocycles. The van der Waals surface area contributed by atoms with Crippen LogP contribution in [0.4, 0.5) is 32.0 Å².